The minimum Gasteiger partial charge on any atom is -0.370 e. The number of halogens is 1. The van der Waals surface area contributed by atoms with Crippen molar-refractivity contribution in [1.82, 2.24) is 4.90 Å². The first-order chi connectivity index (χ1) is 6.13. The van der Waals surface area contributed by atoms with Gasteiger partial charge in [-0.25, -0.2) is 0 Å². The van der Waals surface area contributed by atoms with E-state index in [1.54, 1.807) is 4.90 Å². The highest BCUT2D eigenvalue weighted by atomic mass is 35.5. The van der Waals surface area contributed by atoms with Gasteiger partial charge in [0.25, 0.3) is 0 Å². The van der Waals surface area contributed by atoms with E-state index < -0.39 is 0 Å². The molecule has 0 unspecified atom stereocenters. The van der Waals surface area contributed by atoms with Crippen molar-refractivity contribution in [3.8, 4) is 0 Å². The average Bonchev–Trinajstić information content (AvgIpc) is 2.00. The summed E-state index contributed by atoms with van der Waals surface area (Å²) in [6, 6.07) is 0. The number of hydrogen-bond acceptors (Lipinski definition) is 2. The quantitative estimate of drug-likeness (QED) is 0.653. The Kier molecular flexibility index (Phi) is 3.54. The number of rotatable bonds is 4. The summed E-state index contributed by atoms with van der Waals surface area (Å²) < 4.78 is 0. The molecule has 0 aromatic heterocycles. The topological polar surface area (TPSA) is 63.4 Å². The summed E-state index contributed by atoms with van der Waals surface area (Å²) in [6.45, 7) is 1.44. The Morgan fingerprint density at radius 3 is 2.54 bits per heavy atom. The molecule has 1 aliphatic heterocycles. The highest BCUT2D eigenvalue weighted by molar-refractivity contribution is 6.27. The van der Waals surface area contributed by atoms with Gasteiger partial charge in [-0.2, -0.15) is 0 Å². The average molecular weight is 205 g/mol. The first-order valence-electron chi connectivity index (χ1n) is 4.25. The van der Waals surface area contributed by atoms with Gasteiger partial charge in [0.2, 0.25) is 11.8 Å². The van der Waals surface area contributed by atoms with Crippen LogP contribution in [0.5, 0.6) is 0 Å². The molecule has 1 saturated heterocycles. The lowest BCUT2D eigenvalue weighted by molar-refractivity contribution is -0.134. The SMILES string of the molecule is NC(=O)CCC1CN(C(=O)CCl)C1. The molecular formula is C8H13ClN2O2. The van der Waals surface area contributed by atoms with E-state index in [9.17, 15) is 9.59 Å². The minimum atomic E-state index is -0.276. The normalized spacial score (nSPS) is 16.8. The molecule has 0 aromatic carbocycles. The standard InChI is InChI=1S/C8H13ClN2O2/c9-3-8(13)11-4-6(5-11)1-2-7(10)12/h6H,1-5H2,(H2,10,12). The highest BCUT2D eigenvalue weighted by Crippen LogP contribution is 2.20. The van der Waals surface area contributed by atoms with E-state index in [0.717, 1.165) is 19.5 Å². The first kappa shape index (κ1) is 10.3. The zero-order chi connectivity index (χ0) is 9.84. The van der Waals surface area contributed by atoms with E-state index in [-0.39, 0.29) is 17.7 Å². The number of likely N-dealkylation sites (tertiary alicyclic amines) is 1. The van der Waals surface area contributed by atoms with E-state index in [4.69, 9.17) is 17.3 Å². The summed E-state index contributed by atoms with van der Waals surface area (Å²) in [7, 11) is 0. The van der Waals surface area contributed by atoms with Crippen LogP contribution in [-0.2, 0) is 9.59 Å². The van der Waals surface area contributed by atoms with Crippen molar-refractivity contribution in [3.63, 3.8) is 0 Å². The molecule has 1 rings (SSSR count). The number of hydrogen-bond donors (Lipinski definition) is 1. The fourth-order valence-corrected chi connectivity index (χ4v) is 1.56. The van der Waals surface area contributed by atoms with Gasteiger partial charge in [-0.1, -0.05) is 0 Å². The van der Waals surface area contributed by atoms with Crippen LogP contribution in [0, 0.1) is 5.92 Å². The van der Waals surface area contributed by atoms with Crippen molar-refractivity contribution in [2.45, 2.75) is 12.8 Å². The number of nitrogens with two attached hydrogens (primary N) is 1. The van der Waals surface area contributed by atoms with Crippen molar-refractivity contribution in [1.29, 1.82) is 0 Å². The molecule has 4 nitrogen and oxygen atoms in total. The Balaban J connectivity index is 2.11. The second kappa shape index (κ2) is 4.46. The lowest BCUT2D eigenvalue weighted by Crippen LogP contribution is -2.50. The molecule has 0 saturated carbocycles. The predicted molar refractivity (Wildman–Crippen MR) is 49.2 cm³/mol. The Morgan fingerprint density at radius 1 is 1.46 bits per heavy atom. The summed E-state index contributed by atoms with van der Waals surface area (Å²) >= 11 is 5.37. The van der Waals surface area contributed by atoms with Gasteiger partial charge < -0.3 is 10.6 Å². The summed E-state index contributed by atoms with van der Waals surface area (Å²) in [6.07, 6.45) is 1.19. The monoisotopic (exact) mass is 204 g/mol. The minimum absolute atomic E-state index is 0.0306. The summed E-state index contributed by atoms with van der Waals surface area (Å²) in [5.74, 6) is 0.168. The molecule has 5 heteroatoms. The van der Waals surface area contributed by atoms with Crippen LogP contribution in [-0.4, -0.2) is 35.7 Å². The van der Waals surface area contributed by atoms with Crippen LogP contribution >= 0.6 is 11.6 Å². The van der Waals surface area contributed by atoms with E-state index in [2.05, 4.69) is 0 Å². The molecular weight excluding hydrogens is 192 g/mol. The molecule has 0 bridgehead atoms. The highest BCUT2D eigenvalue weighted by Gasteiger charge is 2.29. The molecule has 13 heavy (non-hydrogen) atoms. The van der Waals surface area contributed by atoms with Gasteiger partial charge in [0.15, 0.2) is 0 Å². The van der Waals surface area contributed by atoms with Crippen LogP contribution in [0.4, 0.5) is 0 Å². The van der Waals surface area contributed by atoms with Crippen molar-refractivity contribution >= 4 is 23.4 Å². The Labute approximate surface area is 82.0 Å². The zero-order valence-corrected chi connectivity index (χ0v) is 8.09. The molecule has 0 radical (unpaired) electrons. The molecule has 0 atom stereocenters. The van der Waals surface area contributed by atoms with E-state index >= 15 is 0 Å². The fraction of sp³-hybridized carbons (Fsp3) is 0.750. The van der Waals surface area contributed by atoms with Gasteiger partial charge in [0, 0.05) is 19.5 Å². The van der Waals surface area contributed by atoms with Crippen LogP contribution in [0.2, 0.25) is 0 Å². The summed E-state index contributed by atoms with van der Waals surface area (Å²) in [4.78, 5) is 23.1. The Hall–Kier alpha value is -0.770. The van der Waals surface area contributed by atoms with Gasteiger partial charge in [0.05, 0.1) is 0 Å². The molecule has 1 fully saturated rings. The molecule has 1 heterocycles. The third-order valence-corrected chi connectivity index (χ3v) is 2.45. The van der Waals surface area contributed by atoms with Crippen LogP contribution < -0.4 is 5.73 Å². The van der Waals surface area contributed by atoms with Crippen LogP contribution in [0.25, 0.3) is 0 Å². The molecule has 0 aliphatic carbocycles. The third-order valence-electron chi connectivity index (χ3n) is 2.22. The number of carbonyl (C=O) groups is 2. The molecule has 2 N–H and O–H groups in total. The third kappa shape index (κ3) is 2.88. The zero-order valence-electron chi connectivity index (χ0n) is 7.33. The lowest BCUT2D eigenvalue weighted by atomic mass is 9.94. The number of alkyl halides is 1. The summed E-state index contributed by atoms with van der Waals surface area (Å²) in [5, 5.41) is 0. The maximum Gasteiger partial charge on any atom is 0.237 e. The summed E-state index contributed by atoms with van der Waals surface area (Å²) in [5.41, 5.74) is 5.00. The van der Waals surface area contributed by atoms with Crippen LogP contribution in [0.15, 0.2) is 0 Å². The number of nitrogens with zero attached hydrogens (tertiary/aromatic N) is 1. The first-order valence-corrected chi connectivity index (χ1v) is 4.79. The number of carbonyl (C=O) groups excluding carboxylic acids is 2. The van der Waals surface area contributed by atoms with E-state index in [1.807, 2.05) is 0 Å². The Morgan fingerprint density at radius 2 is 2.08 bits per heavy atom. The molecule has 2 amide bonds. The lowest BCUT2D eigenvalue weighted by Gasteiger charge is -2.38. The second-order valence-electron chi connectivity index (χ2n) is 3.30. The van der Waals surface area contributed by atoms with E-state index in [0.29, 0.717) is 12.3 Å². The number of amides is 2. The van der Waals surface area contributed by atoms with Gasteiger partial charge in [-0.3, -0.25) is 9.59 Å². The Bertz CT molecular complexity index is 214. The van der Waals surface area contributed by atoms with Crippen LogP contribution in [0.3, 0.4) is 0 Å². The fourth-order valence-electron chi connectivity index (χ4n) is 1.39. The van der Waals surface area contributed by atoms with Gasteiger partial charge in [-0.15, -0.1) is 11.6 Å². The molecule has 0 aromatic rings. The van der Waals surface area contributed by atoms with Crippen LogP contribution in [0.1, 0.15) is 12.8 Å². The number of primary amides is 1. The predicted octanol–water partition coefficient (Wildman–Crippen LogP) is -0.0509. The molecule has 74 valence electrons. The maximum atomic E-state index is 11.0. The van der Waals surface area contributed by atoms with Crippen molar-refractivity contribution in [2.75, 3.05) is 19.0 Å². The maximum absolute atomic E-state index is 11.0. The largest absolute Gasteiger partial charge is 0.370 e. The van der Waals surface area contributed by atoms with E-state index in [1.165, 1.54) is 0 Å². The van der Waals surface area contributed by atoms with Crippen molar-refractivity contribution < 1.29 is 9.59 Å². The van der Waals surface area contributed by atoms with Crippen molar-refractivity contribution in [2.24, 2.45) is 11.7 Å². The van der Waals surface area contributed by atoms with Crippen molar-refractivity contribution in [3.05, 3.63) is 0 Å². The van der Waals surface area contributed by atoms with Gasteiger partial charge in [-0.05, 0) is 12.3 Å². The van der Waals surface area contributed by atoms with Gasteiger partial charge >= 0.3 is 0 Å². The van der Waals surface area contributed by atoms with Gasteiger partial charge in [0.1, 0.15) is 5.88 Å². The second-order valence-corrected chi connectivity index (χ2v) is 3.57. The molecule has 0 spiro atoms. The molecule has 1 aliphatic rings. The smallest absolute Gasteiger partial charge is 0.237 e.